The fraction of sp³-hybridized carbons (Fsp3) is 0.167. The van der Waals surface area contributed by atoms with E-state index in [1.54, 1.807) is 36.4 Å². The zero-order valence-electron chi connectivity index (χ0n) is 13.5. The monoisotopic (exact) mass is 360 g/mol. The quantitative estimate of drug-likeness (QED) is 0.712. The molecule has 5 nitrogen and oxygen atoms in total. The minimum atomic E-state index is -0.459. The fourth-order valence-corrected chi connectivity index (χ4v) is 3.30. The molecule has 0 bridgehead atoms. The van der Waals surface area contributed by atoms with Gasteiger partial charge in [0.15, 0.2) is 17.0 Å². The van der Waals surface area contributed by atoms with Crippen LogP contribution in [0.4, 0.5) is 10.1 Å². The second kappa shape index (κ2) is 7.48. The summed E-state index contributed by atoms with van der Waals surface area (Å²) in [4.78, 5) is 12.6. The average Bonchev–Trinajstić information content (AvgIpc) is 2.92. The molecule has 1 aliphatic rings. The van der Waals surface area contributed by atoms with Crippen LogP contribution in [0, 0.1) is 5.82 Å². The Labute approximate surface area is 148 Å². The van der Waals surface area contributed by atoms with Crippen molar-refractivity contribution in [2.75, 3.05) is 11.9 Å². The van der Waals surface area contributed by atoms with Gasteiger partial charge in [0.25, 0.3) is 5.91 Å². The van der Waals surface area contributed by atoms with Crippen LogP contribution in [0.25, 0.3) is 6.08 Å². The predicted octanol–water partition coefficient (Wildman–Crippen LogP) is 3.53. The highest BCUT2D eigenvalue weighted by molar-refractivity contribution is 8.05. The zero-order chi connectivity index (χ0) is 17.8. The molecule has 0 radical (unpaired) electrons. The van der Waals surface area contributed by atoms with Crippen LogP contribution in [-0.2, 0) is 4.79 Å². The van der Waals surface area contributed by atoms with Gasteiger partial charge in [0.05, 0.1) is 17.2 Å². The molecule has 1 aliphatic heterocycles. The Morgan fingerprint density at radius 2 is 2.16 bits per heavy atom. The van der Waals surface area contributed by atoms with Crippen LogP contribution >= 0.6 is 11.8 Å². The number of benzene rings is 2. The number of hydrogen-bond donors (Lipinski definition) is 3. The van der Waals surface area contributed by atoms with Crippen LogP contribution < -0.4 is 15.4 Å². The normalized spacial score (nSPS) is 18.2. The predicted molar refractivity (Wildman–Crippen MR) is 96.8 cm³/mol. The molecular formula is C18H17FN2O3S. The fourth-order valence-electron chi connectivity index (χ4n) is 2.33. The van der Waals surface area contributed by atoms with E-state index in [2.05, 4.69) is 10.6 Å². The van der Waals surface area contributed by atoms with Gasteiger partial charge < -0.3 is 20.5 Å². The number of thioether (sulfide) groups is 1. The molecular weight excluding hydrogens is 343 g/mol. The number of carbonyl (C=O) groups is 1. The lowest BCUT2D eigenvalue weighted by atomic mass is 10.2. The van der Waals surface area contributed by atoms with E-state index in [1.807, 2.05) is 6.92 Å². The van der Waals surface area contributed by atoms with Crippen molar-refractivity contribution >= 4 is 29.4 Å². The summed E-state index contributed by atoms with van der Waals surface area (Å²) in [6, 6.07) is 11.2. The summed E-state index contributed by atoms with van der Waals surface area (Å²) < 4.78 is 19.0. The SMILES string of the molecule is CCOc1cc(/C=C2\SC(Nc3ccccc3F)NC2=O)ccc1O. The maximum atomic E-state index is 13.7. The summed E-state index contributed by atoms with van der Waals surface area (Å²) in [5.74, 6) is -0.215. The largest absolute Gasteiger partial charge is 0.504 e. The van der Waals surface area contributed by atoms with Gasteiger partial charge in [-0.3, -0.25) is 4.79 Å². The number of phenols is 1. The summed E-state index contributed by atoms with van der Waals surface area (Å²) in [6.07, 6.45) is 1.70. The molecule has 1 atom stereocenters. The van der Waals surface area contributed by atoms with E-state index in [0.717, 1.165) is 5.56 Å². The number of carbonyl (C=O) groups excluding carboxylic acids is 1. The Kier molecular flexibility index (Phi) is 5.14. The first-order valence-corrected chi connectivity index (χ1v) is 8.61. The summed E-state index contributed by atoms with van der Waals surface area (Å²) >= 11 is 1.26. The summed E-state index contributed by atoms with van der Waals surface area (Å²) in [5, 5.41) is 15.4. The molecule has 0 spiro atoms. The number of halogens is 1. The third kappa shape index (κ3) is 4.06. The molecule has 1 heterocycles. The number of ether oxygens (including phenoxy) is 1. The molecule has 25 heavy (non-hydrogen) atoms. The first-order valence-electron chi connectivity index (χ1n) is 7.73. The summed E-state index contributed by atoms with van der Waals surface area (Å²) in [7, 11) is 0. The number of aromatic hydroxyl groups is 1. The Balaban J connectivity index is 1.75. The molecule has 1 fully saturated rings. The van der Waals surface area contributed by atoms with Gasteiger partial charge in [-0.25, -0.2) is 4.39 Å². The molecule has 3 N–H and O–H groups in total. The molecule has 2 aromatic rings. The van der Waals surface area contributed by atoms with Gasteiger partial charge in [0.2, 0.25) is 0 Å². The zero-order valence-corrected chi connectivity index (χ0v) is 14.3. The van der Waals surface area contributed by atoms with E-state index >= 15 is 0 Å². The van der Waals surface area contributed by atoms with Crippen molar-refractivity contribution in [3.63, 3.8) is 0 Å². The van der Waals surface area contributed by atoms with Crippen molar-refractivity contribution in [1.82, 2.24) is 5.32 Å². The highest BCUT2D eigenvalue weighted by Gasteiger charge is 2.27. The van der Waals surface area contributed by atoms with Crippen LogP contribution in [0.1, 0.15) is 12.5 Å². The Bertz CT molecular complexity index is 826. The van der Waals surface area contributed by atoms with Gasteiger partial charge in [0, 0.05) is 0 Å². The van der Waals surface area contributed by atoms with Gasteiger partial charge in [0.1, 0.15) is 5.82 Å². The molecule has 7 heteroatoms. The van der Waals surface area contributed by atoms with Gasteiger partial charge in [-0.05, 0) is 42.8 Å². The molecule has 3 rings (SSSR count). The number of rotatable bonds is 5. The van der Waals surface area contributed by atoms with Crippen LogP contribution in [-0.4, -0.2) is 23.1 Å². The Morgan fingerprint density at radius 3 is 2.92 bits per heavy atom. The maximum absolute atomic E-state index is 13.7. The Morgan fingerprint density at radius 1 is 1.36 bits per heavy atom. The topological polar surface area (TPSA) is 70.6 Å². The molecule has 0 aromatic heterocycles. The number of nitrogens with one attached hydrogen (secondary N) is 2. The number of amides is 1. The maximum Gasteiger partial charge on any atom is 0.260 e. The highest BCUT2D eigenvalue weighted by Crippen LogP contribution is 2.33. The third-order valence-corrected chi connectivity index (χ3v) is 4.50. The molecule has 0 aliphatic carbocycles. The van der Waals surface area contributed by atoms with Crippen molar-refractivity contribution < 1.29 is 19.0 Å². The molecule has 1 unspecified atom stereocenters. The standard InChI is InChI=1S/C18H17FN2O3S/c1-2-24-15-9-11(7-8-14(15)22)10-16-17(23)21-18(25-16)20-13-6-4-3-5-12(13)19/h3-10,18,20,22H,2H2,1H3,(H,21,23)/b16-10-. The van der Waals surface area contributed by atoms with Crippen molar-refractivity contribution in [2.45, 2.75) is 12.4 Å². The molecule has 0 saturated carbocycles. The summed E-state index contributed by atoms with van der Waals surface area (Å²) in [6.45, 7) is 2.25. The second-order valence-corrected chi connectivity index (χ2v) is 6.41. The highest BCUT2D eigenvalue weighted by atomic mass is 32.2. The number of anilines is 1. The third-order valence-electron chi connectivity index (χ3n) is 3.47. The van der Waals surface area contributed by atoms with Gasteiger partial charge in [-0.2, -0.15) is 0 Å². The van der Waals surface area contributed by atoms with E-state index < -0.39 is 5.50 Å². The number of phenolic OH excluding ortho intramolecular Hbond substituents is 1. The average molecular weight is 360 g/mol. The van der Waals surface area contributed by atoms with Crippen LogP contribution in [0.5, 0.6) is 11.5 Å². The van der Waals surface area contributed by atoms with E-state index in [1.165, 1.54) is 23.9 Å². The first kappa shape index (κ1) is 17.2. The van der Waals surface area contributed by atoms with Crippen LogP contribution in [0.15, 0.2) is 47.4 Å². The van der Waals surface area contributed by atoms with E-state index in [9.17, 15) is 14.3 Å². The summed E-state index contributed by atoms with van der Waals surface area (Å²) in [5.41, 5.74) is 0.592. The van der Waals surface area contributed by atoms with Gasteiger partial charge in [-0.1, -0.05) is 30.0 Å². The van der Waals surface area contributed by atoms with Crippen molar-refractivity contribution in [1.29, 1.82) is 0 Å². The van der Waals surface area contributed by atoms with Crippen molar-refractivity contribution in [3.05, 3.63) is 58.8 Å². The van der Waals surface area contributed by atoms with Crippen molar-refractivity contribution in [2.24, 2.45) is 0 Å². The van der Waals surface area contributed by atoms with Crippen LogP contribution in [0.3, 0.4) is 0 Å². The van der Waals surface area contributed by atoms with Crippen LogP contribution in [0.2, 0.25) is 0 Å². The van der Waals surface area contributed by atoms with E-state index in [-0.39, 0.29) is 17.5 Å². The smallest absolute Gasteiger partial charge is 0.260 e. The molecule has 1 saturated heterocycles. The number of hydrogen-bond acceptors (Lipinski definition) is 5. The molecule has 130 valence electrons. The lowest BCUT2D eigenvalue weighted by Gasteiger charge is -2.13. The first-order chi connectivity index (χ1) is 12.1. The van der Waals surface area contributed by atoms with Gasteiger partial charge in [-0.15, -0.1) is 0 Å². The lowest BCUT2D eigenvalue weighted by molar-refractivity contribution is -0.116. The van der Waals surface area contributed by atoms with Gasteiger partial charge >= 0.3 is 0 Å². The van der Waals surface area contributed by atoms with Crippen molar-refractivity contribution in [3.8, 4) is 11.5 Å². The Hall–Kier alpha value is -2.67. The minimum absolute atomic E-state index is 0.0478. The van der Waals surface area contributed by atoms with E-state index in [4.69, 9.17) is 4.74 Å². The molecule has 1 amide bonds. The second-order valence-electron chi connectivity index (χ2n) is 5.26. The van der Waals surface area contributed by atoms with E-state index in [0.29, 0.717) is 22.9 Å². The lowest BCUT2D eigenvalue weighted by Crippen LogP contribution is -2.31. The molecule has 2 aromatic carbocycles. The minimum Gasteiger partial charge on any atom is -0.504 e. The number of para-hydroxylation sites is 1.